The molecule has 19 rings (SSSR count). The van der Waals surface area contributed by atoms with Crippen LogP contribution in [0.3, 0.4) is 0 Å². The summed E-state index contributed by atoms with van der Waals surface area (Å²) in [6.07, 6.45) is 53.8. The van der Waals surface area contributed by atoms with Gasteiger partial charge in [0.1, 0.15) is 77.6 Å². The Labute approximate surface area is 858 Å². The van der Waals surface area contributed by atoms with Gasteiger partial charge in [-0.2, -0.15) is 0 Å². The van der Waals surface area contributed by atoms with Crippen molar-refractivity contribution in [1.29, 1.82) is 0 Å². The van der Waals surface area contributed by atoms with Gasteiger partial charge >= 0.3 is 12.8 Å². The first kappa shape index (κ1) is 125. The monoisotopic (exact) mass is 1990 g/mol. The Morgan fingerprint density at radius 2 is 0.921 bits per heavy atom. The number of para-hydroxylation sites is 2. The van der Waals surface area contributed by atoms with Crippen LogP contribution in [0.25, 0.3) is 21.7 Å². The smallest absolute Gasteiger partial charge is 0.324 e. The van der Waals surface area contributed by atoms with Gasteiger partial charge in [0.15, 0.2) is 23.0 Å². The first-order chi connectivity index (χ1) is 66.8. The zero-order chi connectivity index (χ0) is 105. The summed E-state index contributed by atoms with van der Waals surface area (Å²) < 4.78 is 33.3. The topological polar surface area (TPSA) is 129 Å². The average Bonchev–Trinajstić information content (AvgIpc) is 0.823. The highest BCUT2D eigenvalue weighted by Gasteiger charge is 2.20. The number of allylic oxidation sites excluding steroid dienone is 20. The molecule has 0 aromatic heterocycles. The molecule has 0 spiro atoms. The van der Waals surface area contributed by atoms with Crippen molar-refractivity contribution >= 4 is 151 Å². The minimum Gasteiger partial charge on any atom is -0.496 e. The Kier molecular flexibility index (Phi) is 63.0. The molecule has 0 bridgehead atoms. The van der Waals surface area contributed by atoms with Gasteiger partial charge in [-0.15, -0.1) is 104 Å². The maximum atomic E-state index is 5.31. The van der Waals surface area contributed by atoms with Gasteiger partial charge in [0.25, 0.3) is 6.41 Å². The van der Waals surface area contributed by atoms with Crippen LogP contribution in [0.1, 0.15) is 173 Å². The lowest BCUT2D eigenvalue weighted by atomic mass is 10.0. The molecule has 26 heteroatoms. The molecule has 11 aliphatic heterocycles. The van der Waals surface area contributed by atoms with Crippen LogP contribution in [0, 0.1) is 43.1 Å². The van der Waals surface area contributed by atoms with Gasteiger partial charge in [-0.1, -0.05) is 304 Å². The molecule has 0 N–H and O–H groups in total. The van der Waals surface area contributed by atoms with Crippen LogP contribution in [-0.4, -0.2) is 240 Å². The highest BCUT2D eigenvalue weighted by Crippen LogP contribution is 2.47. The van der Waals surface area contributed by atoms with Crippen molar-refractivity contribution in [1.82, 2.24) is 19.6 Å². The van der Waals surface area contributed by atoms with E-state index in [0.717, 1.165) is 51.6 Å². The summed E-state index contributed by atoms with van der Waals surface area (Å²) in [6.45, 7) is 55.6. The van der Waals surface area contributed by atoms with Crippen LogP contribution in [0.5, 0.6) is 5.75 Å². The number of thioether (sulfide) groups is 2. The average molecular weight is 1990 g/mol. The lowest BCUT2D eigenvalue weighted by Crippen LogP contribution is -2.30. The second-order valence-corrected chi connectivity index (χ2v) is 36.8. The van der Waals surface area contributed by atoms with Crippen molar-refractivity contribution in [2.75, 3.05) is 117 Å². The number of benzene rings is 4. The number of anilines is 1. The molecule has 2 unspecified atom stereocenters. The summed E-state index contributed by atoms with van der Waals surface area (Å²) in [5.74, 6) is 6.20. The van der Waals surface area contributed by atoms with E-state index in [1.807, 2.05) is 314 Å². The lowest BCUT2D eigenvalue weighted by molar-refractivity contribution is -0.476. The molecule has 15 aliphatic rings. The second kappa shape index (κ2) is 69.9. The molecule has 4 aromatic rings. The zero-order valence-corrected chi connectivity index (χ0v) is 96.3. The van der Waals surface area contributed by atoms with E-state index in [4.69, 9.17) is 13.9 Å². The molecule has 0 saturated heterocycles. The quantitative estimate of drug-likeness (QED) is 0.0425. The van der Waals surface area contributed by atoms with E-state index in [0.29, 0.717) is 0 Å². The molecular weight excluding hydrogens is 1820 g/mol. The number of hydrogen-bond acceptors (Lipinski definition) is 9. The molecule has 11 heterocycles. The fraction of sp³-hybridized carbons (Fsp3) is 0.363. The second-order valence-electron chi connectivity index (χ2n) is 30.1. The Hall–Kier alpha value is -11.8. The molecule has 139 heavy (non-hydrogen) atoms. The fourth-order valence-corrected chi connectivity index (χ4v) is 18.1. The largest absolute Gasteiger partial charge is 0.496 e. The number of amides is 1. The summed E-state index contributed by atoms with van der Waals surface area (Å²) in [5.41, 5.74) is 43.0. The molecule has 0 amide bonds. The molecule has 758 valence electrons. The Morgan fingerprint density at radius 1 is 0.410 bits per heavy atom. The number of ether oxygens (including phenoxy) is 2. The SMILES string of the molecule is CC.CC.CC.CC.CC.CC.CC.CC.CC1=C(C)N(C)C=[N+](C)[C-]1C.CC1=C(C)N(C)C=[O+][C-]1C.CC1=C(C)N(C)C=[S+][C-]1C.CN1C=[N+](C)C=C2[CH-]C=CC=C21.CN1C=[N+](C)[N-]c2ccccc21.C[N+]1=COC2=CC=C[CH-]C2=C1.C[N+]1=COc2ccccc2[N-]1.C[N+]1=CP(C)C2=CC=C[CH-]C2=C1.C[N+]1=CP(C)c2ccccc2[N-]1.C[N+]1=CSC2=CC=C[CH-]C2=C1.C[N+]1=CSc2ccccc2[N-]1. The number of fused-ring (bicyclic) bond motifs is 8. The number of likely N-dealkylation sites (N-methyl/N-ethyl adjacent to an activating group) is 2. The van der Waals surface area contributed by atoms with E-state index < -0.39 is 0 Å². The van der Waals surface area contributed by atoms with Crippen LogP contribution in [0.2, 0.25) is 0 Å². The lowest BCUT2D eigenvalue weighted by Gasteiger charge is -2.31. The molecule has 0 fully saturated rings. The van der Waals surface area contributed by atoms with Gasteiger partial charge in [0.05, 0.1) is 65.7 Å². The summed E-state index contributed by atoms with van der Waals surface area (Å²) in [7, 11) is 27.8. The Bertz CT molecular complexity index is 5060. The third-order valence-electron chi connectivity index (χ3n) is 20.4. The molecule has 4 aliphatic carbocycles. The van der Waals surface area contributed by atoms with E-state index in [-0.39, 0.29) is 15.8 Å². The van der Waals surface area contributed by atoms with Crippen molar-refractivity contribution in [2.45, 2.75) is 178 Å². The molecule has 4 aromatic carbocycles. The van der Waals surface area contributed by atoms with Crippen LogP contribution in [0.15, 0.2) is 277 Å². The van der Waals surface area contributed by atoms with E-state index in [1.54, 1.807) is 58.8 Å². The van der Waals surface area contributed by atoms with E-state index in [1.165, 1.54) is 87.9 Å². The third-order valence-corrected chi connectivity index (χ3v) is 27.2. The van der Waals surface area contributed by atoms with Crippen LogP contribution < -0.4 is 14.9 Å². The highest BCUT2D eigenvalue weighted by atomic mass is 32.2. The summed E-state index contributed by atoms with van der Waals surface area (Å²) in [4.78, 5) is 13.0. The van der Waals surface area contributed by atoms with Crippen molar-refractivity contribution in [3.8, 4) is 5.75 Å². The van der Waals surface area contributed by atoms with Crippen LogP contribution in [-0.2, 0) is 20.5 Å². The van der Waals surface area contributed by atoms with Gasteiger partial charge in [-0.05, 0) is 113 Å². The Morgan fingerprint density at radius 3 is 1.57 bits per heavy atom. The van der Waals surface area contributed by atoms with Gasteiger partial charge in [-0.3, -0.25) is 18.8 Å². The van der Waals surface area contributed by atoms with Crippen molar-refractivity contribution in [3.05, 3.63) is 337 Å². The molecule has 2 atom stereocenters. The fourth-order valence-electron chi connectivity index (χ4n) is 12.7. The number of rotatable bonds is 0. The van der Waals surface area contributed by atoms with Gasteiger partial charge in [0, 0.05) is 31.6 Å². The predicted octanol–water partition coefficient (Wildman–Crippen LogP) is 27.2. The van der Waals surface area contributed by atoms with Gasteiger partial charge in [-0.25, -0.2) is 23.3 Å². The summed E-state index contributed by atoms with van der Waals surface area (Å²) in [5, 5.41) is 4.28. The van der Waals surface area contributed by atoms with E-state index in [9.17, 15) is 0 Å². The standard InChI is InChI=1S/C10H12N2.C10H12NP.C9H11N3.C9H11N2P.C9H16N2.C9H9NO.C9H9NS.C8H8N2O.C8H8N2S.C8H13NO.C8H13NS.8C2H6/c2*1-11-7-9-5-3-4-6-10(9)12(2)8-11;1-11-7-12(2)10-8-5-3-4-6-9(8)11;1-11-7-12(2)9-6-4-3-5-8(9)10-11;1-7-8(2)10(4)6-11(5)9(7)3;2*1-10-6-8-4-2-3-5-9(8)11-7-10;2*1-10-6-11-8-5-3-2-4-7(8)9-10;2*1-6-7(2)9(4)5-10-8(6)3;8*1-2/h2*3-8H,1-2H3;2*3-7H,1-2H3;6H,1-5H3;2*2-7H,1H3;2*2-6H,1H3;2*5H,1-4H3;8*1-2H3. The van der Waals surface area contributed by atoms with Crippen LogP contribution >= 0.6 is 39.4 Å². The first-order valence-electron chi connectivity index (χ1n) is 48.2. The van der Waals surface area contributed by atoms with E-state index >= 15 is 0 Å². The number of nitrogens with zero attached hydrogens (tertiary/aromatic N) is 18. The van der Waals surface area contributed by atoms with Crippen LogP contribution in [0.4, 0.5) is 28.4 Å². The number of carbonyl (C=O) groups excluding carboxylic acids is 1. The number of hydrogen-bond donors (Lipinski definition) is 0. The minimum absolute atomic E-state index is 0.0772. The van der Waals surface area contributed by atoms with Gasteiger partial charge in [0.2, 0.25) is 24.3 Å². The van der Waals surface area contributed by atoms with E-state index in [2.05, 4.69) is 322 Å². The molecule has 21 nitrogen and oxygen atoms in total. The zero-order valence-electron chi connectivity index (χ0n) is 92.0. The first-order valence-corrected chi connectivity index (χ1v) is 54.6. The summed E-state index contributed by atoms with van der Waals surface area (Å²) >= 11 is 5.27. The maximum Gasteiger partial charge on any atom is 0.324 e. The highest BCUT2D eigenvalue weighted by molar-refractivity contribution is 8.15. The molecule has 0 radical (unpaired) electrons. The van der Waals surface area contributed by atoms with Gasteiger partial charge < -0.3 is 59.6 Å². The minimum atomic E-state index is -0.140. The maximum absolute atomic E-state index is 5.31. The third kappa shape index (κ3) is 42.4. The molecule has 0 saturated carbocycles. The van der Waals surface area contributed by atoms with Crippen molar-refractivity contribution < 1.29 is 55.5 Å². The normalized spacial score (nSPS) is 17.3. The van der Waals surface area contributed by atoms with Crippen molar-refractivity contribution in [2.24, 2.45) is 0 Å². The van der Waals surface area contributed by atoms with Crippen molar-refractivity contribution in [3.63, 3.8) is 0 Å². The Balaban J connectivity index is 0.000000753. The predicted molar refractivity (Wildman–Crippen MR) is 619 cm³/mol. The molecular formula is C113H170N18O3P2S3. The summed E-state index contributed by atoms with van der Waals surface area (Å²) in [6, 6.07) is 33.5.